The van der Waals surface area contributed by atoms with Crippen LogP contribution in [0.2, 0.25) is 0 Å². The van der Waals surface area contributed by atoms with Crippen LogP contribution in [0.15, 0.2) is 83.9 Å². The number of nitrogens with two attached hydrogens (primary N) is 1. The zero-order valence-electron chi connectivity index (χ0n) is 46.2. The van der Waals surface area contributed by atoms with Crippen molar-refractivity contribution in [3.05, 3.63) is 90.1 Å². The van der Waals surface area contributed by atoms with Gasteiger partial charge >= 0.3 is 12.1 Å². The number of likely N-dealkylation sites (N-methyl/N-ethyl adjacent to an activating group) is 2. The Hall–Kier alpha value is -7.50. The molecule has 26 nitrogen and oxygen atoms in total. The Morgan fingerprint density at radius 3 is 2.27 bits per heavy atom. The van der Waals surface area contributed by atoms with E-state index in [4.69, 9.17) is 25.1 Å². The number of nitrogens with zero attached hydrogens (tertiary/aromatic N) is 7. The van der Waals surface area contributed by atoms with Crippen molar-refractivity contribution >= 4 is 96.4 Å². The lowest BCUT2D eigenvalue weighted by Crippen LogP contribution is -2.54. The van der Waals surface area contributed by atoms with E-state index in [1.165, 1.54) is 51.6 Å². The van der Waals surface area contributed by atoms with Gasteiger partial charge in [-0.1, -0.05) is 34.1 Å². The van der Waals surface area contributed by atoms with Crippen molar-refractivity contribution in [3.63, 3.8) is 0 Å². The molecule has 3 aromatic carbocycles. The van der Waals surface area contributed by atoms with Crippen LogP contribution in [-0.4, -0.2) is 169 Å². The van der Waals surface area contributed by atoms with Crippen LogP contribution in [0, 0.1) is 6.92 Å². The van der Waals surface area contributed by atoms with Crippen LogP contribution < -0.4 is 47.0 Å². The van der Waals surface area contributed by atoms with E-state index < -0.39 is 82.3 Å². The molecule has 2 unspecified atom stereocenters. The number of hydrogen-bond donors (Lipinski definition) is 7. The smallest absolute Gasteiger partial charge is 0.409 e. The third-order valence-electron chi connectivity index (χ3n) is 12.6. The highest BCUT2D eigenvalue weighted by Crippen LogP contribution is 2.30. The minimum absolute atomic E-state index is 0.0160. The lowest BCUT2D eigenvalue weighted by atomic mass is 10.1. The van der Waals surface area contributed by atoms with Crippen LogP contribution in [0.1, 0.15) is 64.0 Å². The molecule has 0 aliphatic carbocycles. The topological polar surface area (TPSA) is 321 Å². The molecule has 3 heterocycles. The highest BCUT2D eigenvalue weighted by molar-refractivity contribution is 9.09. The summed E-state index contributed by atoms with van der Waals surface area (Å²) in [6, 6.07) is 17.0. The molecule has 8 N–H and O–H groups in total. The summed E-state index contributed by atoms with van der Waals surface area (Å²) in [6.45, 7) is 10.2. The molecule has 2 atom stereocenters. The minimum atomic E-state index is -3.86. The predicted octanol–water partition coefficient (Wildman–Crippen LogP) is 3.78. The van der Waals surface area contributed by atoms with Crippen molar-refractivity contribution in [2.75, 3.05) is 87.4 Å². The summed E-state index contributed by atoms with van der Waals surface area (Å²) < 4.78 is 40.7. The van der Waals surface area contributed by atoms with Crippen molar-refractivity contribution in [3.8, 4) is 5.75 Å². The van der Waals surface area contributed by atoms with Crippen molar-refractivity contribution in [2.45, 2.75) is 88.9 Å². The first-order chi connectivity index (χ1) is 38.5. The molecular weight excluding hydrogens is 1140 g/mol. The van der Waals surface area contributed by atoms with E-state index in [1.54, 1.807) is 102 Å². The molecule has 1 aromatic heterocycles. The molecule has 2 saturated heterocycles. The van der Waals surface area contributed by atoms with Gasteiger partial charge in [0.2, 0.25) is 39.6 Å². The maximum absolute atomic E-state index is 14.5. The van der Waals surface area contributed by atoms with E-state index >= 15 is 0 Å². The Kier molecular flexibility index (Phi) is 22.7. The van der Waals surface area contributed by atoms with Crippen LogP contribution in [-0.2, 0) is 50.3 Å². The van der Waals surface area contributed by atoms with Crippen molar-refractivity contribution in [2.24, 2.45) is 5.73 Å². The number of urea groups is 1. The van der Waals surface area contributed by atoms with E-state index in [0.717, 1.165) is 19.6 Å². The van der Waals surface area contributed by atoms with Gasteiger partial charge in [-0.25, -0.2) is 38.1 Å². The Bertz CT molecular complexity index is 2960. The third-order valence-corrected chi connectivity index (χ3v) is 14.9. The molecule has 81 heavy (non-hydrogen) atoms. The summed E-state index contributed by atoms with van der Waals surface area (Å²) in [6.07, 6.45) is 3.53. The second kappa shape index (κ2) is 29.3. The number of ether oxygens (including phenoxy) is 2. The number of hydrogen-bond acceptors (Lipinski definition) is 17. The number of likely N-dealkylation sites (tertiary alicyclic amines) is 2. The SMILES string of the molecule is Cc1cnc(N(C(=O)N(C)CCN(C)C(=O)OCc2ccc(NC(=O)CNC(=O)C3CCCN3C(=O)C(CC(N)=O)NONC(=O)CBr)cc2)c2ccc(OCCN3CCCC3)cc2)nc1Nc1cccc(S(=O)(=O)NC(C)(C)C)c1. The first-order valence-electron chi connectivity index (χ1n) is 26.1. The second-order valence-corrected chi connectivity index (χ2v) is 22.6. The molecule has 0 radical (unpaired) electrons. The number of anilines is 5. The predicted molar refractivity (Wildman–Crippen MR) is 304 cm³/mol. The standard InChI is InChI=1S/C53H71BrN14O12S/c1-35-32-57-50(60-47(35)59-38-11-9-12-41(29-38)81(76,77)63-53(2,3)4)68(39-18-20-40(21-19-39)78-28-27-66-22-7-8-23-66)51(74)64(5)25-26-65(6)52(75)79-34-36-14-16-37(17-15-36)58-46(71)33-56-48(72)43-13-10-24-67(43)49(73)42(30-44(55)69)61-80-62-45(70)31-54/h9,11-12,14-21,29,32,42-43,61,63H,7-8,10,13,22-28,30-31,33-34H2,1-6H3,(H2,55,69)(H,56,72)(H,58,71)(H,62,70)(H,57,59,60). The van der Waals surface area contributed by atoms with Crippen LogP contribution in [0.3, 0.4) is 0 Å². The Morgan fingerprint density at radius 1 is 0.889 bits per heavy atom. The minimum Gasteiger partial charge on any atom is -0.492 e. The molecule has 6 rings (SSSR count). The molecule has 28 heteroatoms. The van der Waals surface area contributed by atoms with Gasteiger partial charge in [0.05, 0.1) is 28.9 Å². The zero-order chi connectivity index (χ0) is 58.9. The van der Waals surface area contributed by atoms with Crippen LogP contribution >= 0.6 is 15.9 Å². The third kappa shape index (κ3) is 19.1. The van der Waals surface area contributed by atoms with E-state index in [2.05, 4.69) is 52.0 Å². The molecule has 2 aliphatic rings. The number of alkyl halides is 1. The van der Waals surface area contributed by atoms with Gasteiger partial charge in [0.1, 0.15) is 36.9 Å². The van der Waals surface area contributed by atoms with Gasteiger partial charge in [-0.3, -0.25) is 28.9 Å². The monoisotopic (exact) mass is 1210 g/mol. The fourth-order valence-electron chi connectivity index (χ4n) is 8.46. The average Bonchev–Trinajstić information content (AvgIpc) is 4.18. The van der Waals surface area contributed by atoms with Gasteiger partial charge in [-0.05, 0) is 127 Å². The largest absolute Gasteiger partial charge is 0.492 e. The molecular formula is C53H71BrN14O12S. The number of rotatable bonds is 26. The second-order valence-electron chi connectivity index (χ2n) is 20.4. The molecule has 2 fully saturated rings. The Labute approximate surface area is 479 Å². The molecule has 0 saturated carbocycles. The quantitative estimate of drug-likeness (QED) is 0.0348. The van der Waals surface area contributed by atoms with E-state index in [0.29, 0.717) is 59.2 Å². The zero-order valence-corrected chi connectivity index (χ0v) is 48.6. The number of aromatic nitrogens is 2. The maximum atomic E-state index is 14.5. The van der Waals surface area contributed by atoms with E-state index in [-0.39, 0.29) is 42.4 Å². The molecule has 0 bridgehead atoms. The highest BCUT2D eigenvalue weighted by atomic mass is 79.9. The molecule has 2 aliphatic heterocycles. The summed E-state index contributed by atoms with van der Waals surface area (Å²) in [5.41, 5.74) is 11.4. The highest BCUT2D eigenvalue weighted by Gasteiger charge is 2.38. The molecule has 4 aromatic rings. The normalized spacial score (nSPS) is 14.8. The molecule has 0 spiro atoms. The summed E-state index contributed by atoms with van der Waals surface area (Å²) in [5, 5.41) is 8.34. The number of carbonyl (C=O) groups is 7. The first-order valence-corrected chi connectivity index (χ1v) is 28.7. The average molecular weight is 1210 g/mol. The lowest BCUT2D eigenvalue weighted by molar-refractivity contribution is -0.153. The number of primary amides is 1. The van der Waals surface area contributed by atoms with Crippen LogP contribution in [0.5, 0.6) is 5.75 Å². The number of hydroxylamine groups is 2. The number of benzene rings is 3. The van der Waals surface area contributed by atoms with Crippen molar-refractivity contribution in [1.29, 1.82) is 0 Å². The number of amides is 8. The maximum Gasteiger partial charge on any atom is 0.409 e. The van der Waals surface area contributed by atoms with Gasteiger partial charge in [-0.15, -0.1) is 0 Å². The van der Waals surface area contributed by atoms with Crippen LogP contribution in [0.25, 0.3) is 0 Å². The van der Waals surface area contributed by atoms with Gasteiger partial charge in [-0.2, -0.15) is 15.4 Å². The summed E-state index contributed by atoms with van der Waals surface area (Å²) >= 11 is 2.95. The van der Waals surface area contributed by atoms with Gasteiger partial charge < -0.3 is 45.9 Å². The van der Waals surface area contributed by atoms with Gasteiger partial charge in [0.25, 0.3) is 5.91 Å². The number of nitrogens with one attached hydrogen (secondary N) is 6. The summed E-state index contributed by atoms with van der Waals surface area (Å²) in [4.78, 5) is 112. The lowest BCUT2D eigenvalue weighted by Gasteiger charge is -2.28. The summed E-state index contributed by atoms with van der Waals surface area (Å²) in [7, 11) is -0.748. The number of halogens is 1. The fraction of sp³-hybridized carbons (Fsp3) is 0.453. The van der Waals surface area contributed by atoms with Gasteiger partial charge in [0, 0.05) is 68.9 Å². The van der Waals surface area contributed by atoms with E-state index in [9.17, 15) is 42.0 Å². The van der Waals surface area contributed by atoms with Crippen molar-refractivity contribution < 1.29 is 56.4 Å². The molecule has 438 valence electrons. The Morgan fingerprint density at radius 2 is 1.59 bits per heavy atom. The van der Waals surface area contributed by atoms with E-state index in [1.807, 2.05) is 5.48 Å². The van der Waals surface area contributed by atoms with Crippen molar-refractivity contribution in [1.82, 2.24) is 50.6 Å². The summed E-state index contributed by atoms with van der Waals surface area (Å²) in [5.74, 6) is -2.24. The van der Waals surface area contributed by atoms with Crippen LogP contribution in [0.4, 0.5) is 38.4 Å². The first kappa shape index (κ1) is 62.7. The fourth-order valence-corrected chi connectivity index (χ4v) is 10.0. The number of carbonyl (C=O) groups excluding carboxylic acids is 7. The number of sulfonamides is 1. The molecule has 8 amide bonds. The Balaban J connectivity index is 1.02. The van der Waals surface area contributed by atoms with Gasteiger partial charge in [0.15, 0.2) is 0 Å². The number of aryl methyl sites for hydroxylation is 1.